The molecule has 8 nitrogen and oxygen atoms in total. The van der Waals surface area contributed by atoms with Crippen LogP contribution in [-0.4, -0.2) is 62.0 Å². The number of rotatable bonds is 5. The molecule has 2 aliphatic rings. The molecule has 2 aliphatic heterocycles. The first kappa shape index (κ1) is 19.8. The largest absolute Gasteiger partial charge is 0.370 e. The molecular formula is C20H24N4O4S. The number of ether oxygens (including phenoxy) is 1. The minimum atomic E-state index is -3.46. The maximum absolute atomic E-state index is 13.0. The fourth-order valence-electron chi connectivity index (χ4n) is 4.04. The Kier molecular flexibility index (Phi) is 5.28. The minimum Gasteiger partial charge on any atom is -0.370 e. The molecule has 2 saturated heterocycles. The second-order valence-corrected chi connectivity index (χ2v) is 9.49. The topological polar surface area (TPSA) is 106 Å². The normalized spacial score (nSPS) is 22.8. The number of carbonyl (C=O) groups excluding carboxylic acids is 1. The van der Waals surface area contributed by atoms with Crippen molar-refractivity contribution in [1.82, 2.24) is 9.29 Å². The first-order valence-corrected chi connectivity index (χ1v) is 11.1. The molecule has 3 heterocycles. The average molecular weight is 417 g/mol. The van der Waals surface area contributed by atoms with E-state index in [2.05, 4.69) is 4.98 Å². The molecule has 2 N–H and O–H groups in total. The van der Waals surface area contributed by atoms with E-state index in [4.69, 9.17) is 10.5 Å². The van der Waals surface area contributed by atoms with Gasteiger partial charge in [0.05, 0.1) is 17.9 Å². The second-order valence-electron chi connectivity index (χ2n) is 7.52. The molecule has 0 bridgehead atoms. The van der Waals surface area contributed by atoms with Gasteiger partial charge in [0.15, 0.2) is 0 Å². The van der Waals surface area contributed by atoms with Gasteiger partial charge in [-0.25, -0.2) is 13.4 Å². The van der Waals surface area contributed by atoms with E-state index in [0.717, 1.165) is 5.56 Å². The summed E-state index contributed by atoms with van der Waals surface area (Å²) in [6.07, 6.45) is 2.27. The summed E-state index contributed by atoms with van der Waals surface area (Å²) >= 11 is 0. The lowest BCUT2D eigenvalue weighted by Crippen LogP contribution is -2.55. The maximum atomic E-state index is 13.0. The van der Waals surface area contributed by atoms with Gasteiger partial charge in [-0.3, -0.25) is 4.79 Å². The first-order chi connectivity index (χ1) is 13.9. The van der Waals surface area contributed by atoms with Gasteiger partial charge in [-0.2, -0.15) is 4.31 Å². The van der Waals surface area contributed by atoms with E-state index in [0.29, 0.717) is 44.0 Å². The minimum absolute atomic E-state index is 0.0281. The number of carbonyl (C=O) groups is 1. The zero-order valence-electron chi connectivity index (χ0n) is 16.0. The number of aromatic nitrogens is 1. The summed E-state index contributed by atoms with van der Waals surface area (Å²) in [5, 5.41) is 0. The third kappa shape index (κ3) is 4.12. The number of nitrogens with zero attached hydrogens (tertiary/aromatic N) is 3. The van der Waals surface area contributed by atoms with Crippen molar-refractivity contribution in [2.75, 3.05) is 37.7 Å². The number of sulfonamides is 1. The van der Waals surface area contributed by atoms with Crippen LogP contribution in [0.15, 0.2) is 48.7 Å². The van der Waals surface area contributed by atoms with Crippen LogP contribution < -0.4 is 10.6 Å². The van der Waals surface area contributed by atoms with Crippen molar-refractivity contribution in [1.29, 1.82) is 0 Å². The van der Waals surface area contributed by atoms with Crippen LogP contribution in [0.3, 0.4) is 0 Å². The van der Waals surface area contributed by atoms with E-state index >= 15 is 0 Å². The third-order valence-corrected chi connectivity index (χ3v) is 7.26. The van der Waals surface area contributed by atoms with Crippen LogP contribution in [0, 0.1) is 0 Å². The highest BCUT2D eigenvalue weighted by atomic mass is 32.2. The lowest BCUT2D eigenvalue weighted by Gasteiger charge is -2.39. The van der Waals surface area contributed by atoms with E-state index in [9.17, 15) is 13.2 Å². The van der Waals surface area contributed by atoms with Crippen molar-refractivity contribution in [2.45, 2.75) is 17.8 Å². The number of pyridine rings is 1. The molecule has 2 fully saturated rings. The van der Waals surface area contributed by atoms with Crippen molar-refractivity contribution in [3.8, 4) is 0 Å². The van der Waals surface area contributed by atoms with Gasteiger partial charge in [-0.05, 0) is 24.1 Å². The van der Waals surface area contributed by atoms with Crippen molar-refractivity contribution < 1.29 is 17.9 Å². The quantitative estimate of drug-likeness (QED) is 0.779. The number of nitrogens with two attached hydrogens (primary N) is 1. The predicted octanol–water partition coefficient (Wildman–Crippen LogP) is 0.992. The van der Waals surface area contributed by atoms with E-state index in [1.165, 1.54) is 4.31 Å². The summed E-state index contributed by atoms with van der Waals surface area (Å²) in [6.45, 7) is 2.04. The summed E-state index contributed by atoms with van der Waals surface area (Å²) in [5.74, 6) is -0.0462. The van der Waals surface area contributed by atoms with Crippen LogP contribution in [0.5, 0.6) is 0 Å². The van der Waals surface area contributed by atoms with Gasteiger partial charge in [0.25, 0.3) is 5.91 Å². The smallest absolute Gasteiger partial charge is 0.252 e. The SMILES string of the molecule is NC(=O)c1cccnc1N1CCC2(C1)CN(S(=O)(=O)Cc1ccccc1)CCO2. The second kappa shape index (κ2) is 7.74. The van der Waals surface area contributed by atoms with Gasteiger partial charge in [-0.1, -0.05) is 30.3 Å². The number of morpholine rings is 1. The summed E-state index contributed by atoms with van der Waals surface area (Å²) < 4.78 is 33.5. The Labute approximate surface area is 170 Å². The maximum Gasteiger partial charge on any atom is 0.252 e. The molecule has 154 valence electrons. The molecular weight excluding hydrogens is 392 g/mol. The number of benzene rings is 1. The van der Waals surface area contributed by atoms with Crippen molar-refractivity contribution in [3.05, 3.63) is 59.8 Å². The molecule has 1 aromatic heterocycles. The number of primary amides is 1. The molecule has 1 aromatic carbocycles. The lowest BCUT2D eigenvalue weighted by molar-refractivity contribution is -0.0742. The van der Waals surface area contributed by atoms with Crippen LogP contribution in [0.25, 0.3) is 0 Å². The first-order valence-electron chi connectivity index (χ1n) is 9.54. The molecule has 0 saturated carbocycles. The number of amides is 1. The van der Waals surface area contributed by atoms with Crippen molar-refractivity contribution >= 4 is 21.7 Å². The predicted molar refractivity (Wildman–Crippen MR) is 109 cm³/mol. The van der Waals surface area contributed by atoms with Gasteiger partial charge in [0, 0.05) is 32.4 Å². The standard InChI is InChI=1S/C20H24N4O4S/c21-18(25)17-7-4-9-22-19(17)23-10-8-20(14-23)15-24(11-12-28-20)29(26,27)13-16-5-2-1-3-6-16/h1-7,9H,8,10-15H2,(H2,21,25). The van der Waals surface area contributed by atoms with Crippen molar-refractivity contribution in [2.24, 2.45) is 5.73 Å². The summed E-state index contributed by atoms with van der Waals surface area (Å²) in [7, 11) is -3.46. The van der Waals surface area contributed by atoms with Crippen LogP contribution in [-0.2, 0) is 20.5 Å². The summed E-state index contributed by atoms with van der Waals surface area (Å²) in [6, 6.07) is 12.5. The fraction of sp³-hybridized carbons (Fsp3) is 0.400. The van der Waals surface area contributed by atoms with Crippen molar-refractivity contribution in [3.63, 3.8) is 0 Å². The Morgan fingerprint density at radius 1 is 1.14 bits per heavy atom. The number of anilines is 1. The van der Waals surface area contributed by atoms with Gasteiger partial charge in [0.1, 0.15) is 11.4 Å². The van der Waals surface area contributed by atoms with E-state index in [-0.39, 0.29) is 12.3 Å². The molecule has 1 amide bonds. The Morgan fingerprint density at radius 2 is 1.93 bits per heavy atom. The lowest BCUT2D eigenvalue weighted by atomic mass is 10.0. The Bertz CT molecular complexity index is 999. The third-order valence-electron chi connectivity index (χ3n) is 5.47. The molecule has 29 heavy (non-hydrogen) atoms. The monoisotopic (exact) mass is 416 g/mol. The van der Waals surface area contributed by atoms with Crippen LogP contribution in [0.2, 0.25) is 0 Å². The van der Waals surface area contributed by atoms with Gasteiger partial charge in [0.2, 0.25) is 10.0 Å². The fourth-order valence-corrected chi connectivity index (χ4v) is 5.62. The summed E-state index contributed by atoms with van der Waals surface area (Å²) in [5.41, 5.74) is 5.98. The molecule has 1 unspecified atom stereocenters. The number of hydrogen-bond donors (Lipinski definition) is 1. The van der Waals surface area contributed by atoms with E-state index in [1.54, 1.807) is 18.3 Å². The Morgan fingerprint density at radius 3 is 2.69 bits per heavy atom. The Hall–Kier alpha value is -2.49. The van der Waals surface area contributed by atoms with Crippen LogP contribution in [0.1, 0.15) is 22.3 Å². The Balaban J connectivity index is 1.51. The highest BCUT2D eigenvalue weighted by Gasteiger charge is 2.46. The van der Waals surface area contributed by atoms with E-state index < -0.39 is 21.5 Å². The van der Waals surface area contributed by atoms with Crippen LogP contribution >= 0.6 is 0 Å². The summed E-state index contributed by atoms with van der Waals surface area (Å²) in [4.78, 5) is 18.0. The highest BCUT2D eigenvalue weighted by molar-refractivity contribution is 7.88. The zero-order chi connectivity index (χ0) is 20.5. The van der Waals surface area contributed by atoms with Crippen LogP contribution in [0.4, 0.5) is 5.82 Å². The molecule has 0 aliphatic carbocycles. The molecule has 0 radical (unpaired) electrons. The van der Waals surface area contributed by atoms with Gasteiger partial charge >= 0.3 is 0 Å². The molecule has 4 rings (SSSR count). The number of hydrogen-bond acceptors (Lipinski definition) is 6. The van der Waals surface area contributed by atoms with Gasteiger partial charge in [-0.15, -0.1) is 0 Å². The molecule has 1 atom stereocenters. The molecule has 9 heteroatoms. The van der Waals surface area contributed by atoms with Gasteiger partial charge < -0.3 is 15.4 Å². The zero-order valence-corrected chi connectivity index (χ0v) is 16.8. The molecule has 2 aromatic rings. The average Bonchev–Trinajstić information content (AvgIpc) is 3.11. The van der Waals surface area contributed by atoms with E-state index in [1.807, 2.05) is 35.2 Å². The highest BCUT2D eigenvalue weighted by Crippen LogP contribution is 2.34. The molecule has 1 spiro atoms.